The molecule has 0 spiro atoms. The second kappa shape index (κ2) is 18.4. The van der Waals surface area contributed by atoms with E-state index >= 15 is 0 Å². The molecule has 0 saturated heterocycles. The van der Waals surface area contributed by atoms with Gasteiger partial charge in [-0.1, -0.05) is 32.6 Å². The van der Waals surface area contributed by atoms with Crippen LogP contribution in [0.3, 0.4) is 0 Å². The molecule has 0 aromatic heterocycles. The first-order chi connectivity index (χ1) is 10.8. The van der Waals surface area contributed by atoms with Gasteiger partial charge in [-0.3, -0.25) is 4.79 Å². The SMILES string of the molecule is CCCCCCCOCCOCCOCCCC(=O)OCC. The molecule has 0 fully saturated rings. The zero-order valence-corrected chi connectivity index (χ0v) is 14.4. The number of hydrogen-bond donors (Lipinski definition) is 0. The average Bonchev–Trinajstić information content (AvgIpc) is 2.51. The summed E-state index contributed by atoms with van der Waals surface area (Å²) in [6, 6.07) is 0. The van der Waals surface area contributed by atoms with Crippen LogP contribution in [-0.4, -0.2) is 52.2 Å². The maximum atomic E-state index is 11.1. The van der Waals surface area contributed by atoms with Crippen molar-refractivity contribution in [2.75, 3.05) is 46.2 Å². The van der Waals surface area contributed by atoms with Crippen molar-refractivity contribution in [2.24, 2.45) is 0 Å². The summed E-state index contributed by atoms with van der Waals surface area (Å²) in [7, 11) is 0. The number of carbonyl (C=O) groups excluding carboxylic acids is 1. The molecular formula is C17H34O5. The van der Waals surface area contributed by atoms with Crippen LogP contribution in [-0.2, 0) is 23.7 Å². The minimum Gasteiger partial charge on any atom is -0.466 e. The molecule has 0 aliphatic rings. The molecule has 0 bridgehead atoms. The lowest BCUT2D eigenvalue weighted by Gasteiger charge is -2.07. The summed E-state index contributed by atoms with van der Waals surface area (Å²) in [6.45, 7) is 8.25. The Labute approximate surface area is 135 Å². The first kappa shape index (κ1) is 21.4. The normalized spacial score (nSPS) is 10.8. The second-order valence-electron chi connectivity index (χ2n) is 5.16. The summed E-state index contributed by atoms with van der Waals surface area (Å²) in [5, 5.41) is 0. The Bertz CT molecular complexity index is 233. The van der Waals surface area contributed by atoms with Gasteiger partial charge >= 0.3 is 5.97 Å². The molecule has 0 saturated carbocycles. The molecule has 132 valence electrons. The summed E-state index contributed by atoms with van der Waals surface area (Å²) in [6.07, 6.45) is 7.42. The molecule has 0 aliphatic heterocycles. The third-order valence-corrected chi connectivity index (χ3v) is 3.11. The van der Waals surface area contributed by atoms with Gasteiger partial charge in [0.25, 0.3) is 0 Å². The maximum Gasteiger partial charge on any atom is 0.305 e. The summed E-state index contributed by atoms with van der Waals surface area (Å²) in [5.74, 6) is -0.158. The third-order valence-electron chi connectivity index (χ3n) is 3.11. The molecule has 0 amide bonds. The monoisotopic (exact) mass is 318 g/mol. The van der Waals surface area contributed by atoms with Gasteiger partial charge in [0.1, 0.15) is 0 Å². The molecule has 0 aliphatic carbocycles. The Morgan fingerprint density at radius 1 is 0.682 bits per heavy atom. The zero-order chi connectivity index (χ0) is 16.3. The van der Waals surface area contributed by atoms with E-state index in [4.69, 9.17) is 18.9 Å². The van der Waals surface area contributed by atoms with E-state index in [0.717, 1.165) is 13.0 Å². The molecule has 0 radical (unpaired) electrons. The minimum absolute atomic E-state index is 0.158. The van der Waals surface area contributed by atoms with Gasteiger partial charge < -0.3 is 18.9 Å². The number of unbranched alkanes of at least 4 members (excludes halogenated alkanes) is 4. The predicted octanol–water partition coefficient (Wildman–Crippen LogP) is 3.35. The van der Waals surface area contributed by atoms with Crippen molar-refractivity contribution >= 4 is 5.97 Å². The number of carbonyl (C=O) groups is 1. The highest BCUT2D eigenvalue weighted by Gasteiger charge is 2.00. The molecule has 0 aromatic carbocycles. The molecular weight excluding hydrogens is 284 g/mol. The van der Waals surface area contributed by atoms with E-state index in [9.17, 15) is 4.79 Å². The largest absolute Gasteiger partial charge is 0.466 e. The predicted molar refractivity (Wildman–Crippen MR) is 87.1 cm³/mol. The van der Waals surface area contributed by atoms with Gasteiger partial charge in [-0.15, -0.1) is 0 Å². The van der Waals surface area contributed by atoms with E-state index in [0.29, 0.717) is 52.5 Å². The van der Waals surface area contributed by atoms with E-state index in [2.05, 4.69) is 6.92 Å². The van der Waals surface area contributed by atoms with Crippen LogP contribution in [0.25, 0.3) is 0 Å². The minimum atomic E-state index is -0.158. The first-order valence-electron chi connectivity index (χ1n) is 8.70. The van der Waals surface area contributed by atoms with E-state index in [-0.39, 0.29) is 5.97 Å². The van der Waals surface area contributed by atoms with Crippen molar-refractivity contribution in [3.05, 3.63) is 0 Å². The van der Waals surface area contributed by atoms with E-state index in [1.54, 1.807) is 0 Å². The zero-order valence-electron chi connectivity index (χ0n) is 14.4. The van der Waals surface area contributed by atoms with Gasteiger partial charge in [-0.2, -0.15) is 0 Å². The van der Waals surface area contributed by atoms with Crippen LogP contribution in [0.5, 0.6) is 0 Å². The number of hydrogen-bond acceptors (Lipinski definition) is 5. The van der Waals surface area contributed by atoms with Gasteiger partial charge in [0, 0.05) is 19.6 Å². The Hall–Kier alpha value is -0.650. The summed E-state index contributed by atoms with van der Waals surface area (Å²) in [5.41, 5.74) is 0. The maximum absolute atomic E-state index is 11.1. The van der Waals surface area contributed by atoms with Crippen LogP contribution >= 0.6 is 0 Å². The van der Waals surface area contributed by atoms with Gasteiger partial charge in [-0.05, 0) is 19.8 Å². The molecule has 0 heterocycles. The van der Waals surface area contributed by atoms with Crippen LogP contribution in [0.15, 0.2) is 0 Å². The molecule has 0 unspecified atom stereocenters. The Balaban J connectivity index is 3.01. The van der Waals surface area contributed by atoms with Crippen molar-refractivity contribution in [2.45, 2.75) is 58.8 Å². The van der Waals surface area contributed by atoms with Crippen molar-refractivity contribution in [1.29, 1.82) is 0 Å². The highest BCUT2D eigenvalue weighted by atomic mass is 16.5. The van der Waals surface area contributed by atoms with Gasteiger partial charge in [0.05, 0.1) is 33.0 Å². The highest BCUT2D eigenvalue weighted by Crippen LogP contribution is 2.02. The fraction of sp³-hybridized carbons (Fsp3) is 0.941. The number of ether oxygens (including phenoxy) is 4. The van der Waals surface area contributed by atoms with Gasteiger partial charge in [0.2, 0.25) is 0 Å². The standard InChI is InChI=1S/C17H34O5/c1-3-5-6-7-8-11-19-13-15-21-16-14-20-12-9-10-17(18)22-4-2/h3-16H2,1-2H3. The lowest BCUT2D eigenvalue weighted by atomic mass is 10.2. The van der Waals surface area contributed by atoms with Crippen molar-refractivity contribution in [3.63, 3.8) is 0 Å². The molecule has 22 heavy (non-hydrogen) atoms. The fourth-order valence-electron chi connectivity index (χ4n) is 1.90. The number of esters is 1. The Morgan fingerprint density at radius 2 is 1.23 bits per heavy atom. The quantitative estimate of drug-likeness (QED) is 0.304. The summed E-state index contributed by atoms with van der Waals surface area (Å²) >= 11 is 0. The van der Waals surface area contributed by atoms with Crippen molar-refractivity contribution < 1.29 is 23.7 Å². The summed E-state index contributed by atoms with van der Waals surface area (Å²) in [4.78, 5) is 11.1. The molecule has 0 N–H and O–H groups in total. The molecule has 5 heteroatoms. The molecule has 0 atom stereocenters. The van der Waals surface area contributed by atoms with E-state index in [1.807, 2.05) is 6.92 Å². The van der Waals surface area contributed by atoms with E-state index < -0.39 is 0 Å². The smallest absolute Gasteiger partial charge is 0.305 e. The first-order valence-corrected chi connectivity index (χ1v) is 8.70. The van der Waals surface area contributed by atoms with Gasteiger partial charge in [-0.25, -0.2) is 0 Å². The van der Waals surface area contributed by atoms with E-state index in [1.165, 1.54) is 25.7 Å². The van der Waals surface area contributed by atoms with Crippen molar-refractivity contribution in [1.82, 2.24) is 0 Å². The average molecular weight is 318 g/mol. The summed E-state index contributed by atoms with van der Waals surface area (Å²) < 4.78 is 21.1. The second-order valence-corrected chi connectivity index (χ2v) is 5.16. The molecule has 0 rings (SSSR count). The van der Waals surface area contributed by atoms with Crippen LogP contribution in [0, 0.1) is 0 Å². The molecule has 5 nitrogen and oxygen atoms in total. The number of rotatable bonds is 17. The molecule has 0 aromatic rings. The van der Waals surface area contributed by atoms with Crippen LogP contribution < -0.4 is 0 Å². The lowest BCUT2D eigenvalue weighted by Crippen LogP contribution is -2.11. The fourth-order valence-corrected chi connectivity index (χ4v) is 1.90. The Morgan fingerprint density at radius 3 is 1.82 bits per heavy atom. The lowest BCUT2D eigenvalue weighted by molar-refractivity contribution is -0.143. The Kier molecular flexibility index (Phi) is 17.9. The van der Waals surface area contributed by atoms with Crippen LogP contribution in [0.1, 0.15) is 58.8 Å². The van der Waals surface area contributed by atoms with Gasteiger partial charge in [0.15, 0.2) is 0 Å². The topological polar surface area (TPSA) is 54.0 Å². The van der Waals surface area contributed by atoms with Crippen molar-refractivity contribution in [3.8, 4) is 0 Å². The third kappa shape index (κ3) is 17.4. The van der Waals surface area contributed by atoms with Crippen LogP contribution in [0.2, 0.25) is 0 Å². The van der Waals surface area contributed by atoms with Crippen LogP contribution in [0.4, 0.5) is 0 Å². The highest BCUT2D eigenvalue weighted by molar-refractivity contribution is 5.69.